The summed E-state index contributed by atoms with van der Waals surface area (Å²) in [5.74, 6) is 1.20. The number of thiazole rings is 1. The average molecular weight is 851 g/mol. The molecule has 0 amide bonds. The van der Waals surface area contributed by atoms with Gasteiger partial charge in [0.25, 0.3) is 5.56 Å². The molecular formula is C28H25BrI2N2O6S. The molecule has 1 aromatic heterocycles. The molecule has 0 bridgehead atoms. The van der Waals surface area contributed by atoms with Crippen LogP contribution in [0.2, 0.25) is 0 Å². The highest BCUT2D eigenvalue weighted by molar-refractivity contribution is 14.1. The molecule has 0 saturated heterocycles. The molecule has 1 unspecified atom stereocenters. The van der Waals surface area contributed by atoms with Gasteiger partial charge in [-0.2, -0.15) is 0 Å². The zero-order chi connectivity index (χ0) is 29.1. The first-order chi connectivity index (χ1) is 19.1. The van der Waals surface area contributed by atoms with Gasteiger partial charge in [0.2, 0.25) is 0 Å². The number of carbonyl (C=O) groups is 1. The van der Waals surface area contributed by atoms with Crippen LogP contribution < -0.4 is 29.1 Å². The maximum absolute atomic E-state index is 14.0. The topological polar surface area (TPSA) is 88.3 Å². The number of carbonyl (C=O) groups excluding carboxylic acids is 1. The number of methoxy groups -OCH3 is 2. The maximum atomic E-state index is 14.0. The lowest BCUT2D eigenvalue weighted by atomic mass is 9.95. The zero-order valence-electron chi connectivity index (χ0n) is 22.0. The van der Waals surface area contributed by atoms with Crippen molar-refractivity contribution >= 4 is 84.5 Å². The fourth-order valence-corrected chi connectivity index (χ4v) is 7.97. The van der Waals surface area contributed by atoms with E-state index in [1.54, 1.807) is 43.7 Å². The van der Waals surface area contributed by atoms with Gasteiger partial charge in [-0.25, -0.2) is 9.79 Å². The molecule has 2 heterocycles. The molecule has 0 radical (unpaired) electrons. The number of fused-ring (bicyclic) bond motifs is 1. The van der Waals surface area contributed by atoms with Gasteiger partial charge in [0.15, 0.2) is 16.3 Å². The van der Waals surface area contributed by atoms with E-state index in [2.05, 4.69) is 72.7 Å². The van der Waals surface area contributed by atoms with Gasteiger partial charge in [0.05, 0.1) is 49.8 Å². The second-order valence-corrected chi connectivity index (χ2v) is 12.6. The van der Waals surface area contributed by atoms with Crippen molar-refractivity contribution in [1.82, 2.24) is 4.57 Å². The Hall–Kier alpha value is -2.17. The minimum absolute atomic E-state index is 0.184. The van der Waals surface area contributed by atoms with Crippen molar-refractivity contribution in [3.63, 3.8) is 0 Å². The molecule has 0 spiro atoms. The molecule has 2 aromatic carbocycles. The number of nitrogens with zero attached hydrogens (tertiary/aromatic N) is 2. The van der Waals surface area contributed by atoms with Crippen LogP contribution in [-0.2, 0) is 9.53 Å². The van der Waals surface area contributed by atoms with Crippen LogP contribution in [0, 0.1) is 7.14 Å². The molecule has 0 aliphatic carbocycles. The monoisotopic (exact) mass is 850 g/mol. The summed E-state index contributed by atoms with van der Waals surface area (Å²) in [5, 5.41) is 0. The standard InChI is InChI=1S/C28H25BrI2N2O6S/c1-6-8-39-25-18(30)9-15(10-19(25)31)11-22-26(34)33-24(16-12-20(36-4)21(37-5)13-17(16)29)23(27(35)38-7-2)14(3)32-28(33)40-22/h6,9-13,24H,1,7-8H2,2-5H3/b22-11-. The summed E-state index contributed by atoms with van der Waals surface area (Å²) < 4.78 is 26.7. The van der Waals surface area contributed by atoms with Crippen LogP contribution >= 0.6 is 72.4 Å². The first kappa shape index (κ1) is 30.8. The van der Waals surface area contributed by atoms with Crippen molar-refractivity contribution in [3.8, 4) is 17.2 Å². The molecule has 1 aliphatic heterocycles. The van der Waals surface area contributed by atoms with Gasteiger partial charge in [-0.05, 0) is 100 Å². The van der Waals surface area contributed by atoms with Gasteiger partial charge >= 0.3 is 5.97 Å². The second-order valence-electron chi connectivity index (χ2n) is 8.44. The number of hydrogen-bond donors (Lipinski definition) is 0. The Labute approximate surface area is 270 Å². The maximum Gasteiger partial charge on any atom is 0.338 e. The van der Waals surface area contributed by atoms with Crippen LogP contribution in [0.4, 0.5) is 0 Å². The molecule has 12 heteroatoms. The van der Waals surface area contributed by atoms with Crippen molar-refractivity contribution in [1.29, 1.82) is 0 Å². The molecule has 40 heavy (non-hydrogen) atoms. The molecular weight excluding hydrogens is 826 g/mol. The molecule has 8 nitrogen and oxygen atoms in total. The minimum Gasteiger partial charge on any atom is -0.493 e. The Morgan fingerprint density at radius 1 is 1.18 bits per heavy atom. The predicted octanol–water partition coefficient (Wildman–Crippen LogP) is 5.35. The first-order valence-corrected chi connectivity index (χ1v) is 15.8. The fourth-order valence-electron chi connectivity index (χ4n) is 4.26. The van der Waals surface area contributed by atoms with Crippen molar-refractivity contribution in [2.45, 2.75) is 19.9 Å². The highest BCUT2D eigenvalue weighted by Crippen LogP contribution is 2.40. The van der Waals surface area contributed by atoms with E-state index in [4.69, 9.17) is 18.9 Å². The third kappa shape index (κ3) is 6.04. The van der Waals surface area contributed by atoms with E-state index in [0.29, 0.717) is 43.2 Å². The lowest BCUT2D eigenvalue weighted by molar-refractivity contribution is -0.139. The van der Waals surface area contributed by atoms with Crippen LogP contribution in [0.25, 0.3) is 6.08 Å². The number of esters is 1. The second kappa shape index (κ2) is 13.2. The zero-order valence-corrected chi connectivity index (χ0v) is 28.8. The number of ether oxygens (including phenoxy) is 4. The largest absolute Gasteiger partial charge is 0.493 e. The van der Waals surface area contributed by atoms with Crippen LogP contribution in [0.5, 0.6) is 17.2 Å². The number of aromatic nitrogens is 1. The lowest BCUT2D eigenvalue weighted by Gasteiger charge is -2.26. The molecule has 1 aliphatic rings. The van der Waals surface area contributed by atoms with E-state index < -0.39 is 12.0 Å². The molecule has 3 aromatic rings. The van der Waals surface area contributed by atoms with Crippen LogP contribution in [0.1, 0.15) is 31.0 Å². The quantitative estimate of drug-likeness (QED) is 0.164. The Bertz CT molecular complexity index is 1690. The van der Waals surface area contributed by atoms with E-state index in [0.717, 1.165) is 18.5 Å². The van der Waals surface area contributed by atoms with Crippen molar-refractivity contribution in [2.75, 3.05) is 27.4 Å². The van der Waals surface area contributed by atoms with Crippen LogP contribution in [0.15, 0.2) is 62.5 Å². The molecule has 1 atom stereocenters. The summed E-state index contributed by atoms with van der Waals surface area (Å²) in [5.41, 5.74) is 1.96. The Balaban J connectivity index is 1.96. The van der Waals surface area contributed by atoms with Crippen molar-refractivity contribution in [2.24, 2.45) is 4.99 Å². The third-order valence-corrected chi connectivity index (χ3v) is 9.25. The molecule has 0 fully saturated rings. The predicted molar refractivity (Wildman–Crippen MR) is 175 cm³/mol. The van der Waals surface area contributed by atoms with E-state index in [-0.39, 0.29) is 17.7 Å². The van der Waals surface area contributed by atoms with E-state index in [1.165, 1.54) is 18.4 Å². The van der Waals surface area contributed by atoms with Gasteiger partial charge in [-0.1, -0.05) is 39.9 Å². The fraction of sp³-hybridized carbons (Fsp3) is 0.250. The normalized spacial score (nSPS) is 14.9. The summed E-state index contributed by atoms with van der Waals surface area (Å²) in [4.78, 5) is 32.4. The highest BCUT2D eigenvalue weighted by atomic mass is 127. The number of allylic oxidation sites excluding steroid dienone is 1. The third-order valence-electron chi connectivity index (χ3n) is 5.98. The first-order valence-electron chi connectivity index (χ1n) is 12.0. The van der Waals surface area contributed by atoms with Gasteiger partial charge in [0, 0.05) is 4.47 Å². The van der Waals surface area contributed by atoms with Crippen LogP contribution in [-0.4, -0.2) is 38.0 Å². The van der Waals surface area contributed by atoms with Crippen molar-refractivity contribution < 1.29 is 23.7 Å². The van der Waals surface area contributed by atoms with E-state index >= 15 is 0 Å². The average Bonchev–Trinajstić information content (AvgIpc) is 3.21. The van der Waals surface area contributed by atoms with Gasteiger partial charge in [-0.15, -0.1) is 0 Å². The highest BCUT2D eigenvalue weighted by Gasteiger charge is 2.35. The number of hydrogen-bond acceptors (Lipinski definition) is 8. The summed E-state index contributed by atoms with van der Waals surface area (Å²) in [6.45, 7) is 7.77. The van der Waals surface area contributed by atoms with E-state index in [9.17, 15) is 9.59 Å². The summed E-state index contributed by atoms with van der Waals surface area (Å²) in [7, 11) is 3.08. The number of halogens is 3. The Morgan fingerprint density at radius 3 is 2.42 bits per heavy atom. The molecule has 4 rings (SSSR count). The Kier molecular flexibility index (Phi) is 10.2. The minimum atomic E-state index is -0.804. The summed E-state index contributed by atoms with van der Waals surface area (Å²) in [6, 6.07) is 6.62. The Morgan fingerprint density at radius 2 is 1.82 bits per heavy atom. The SMILES string of the molecule is C=CCOc1c(I)cc(/C=c2\sc3n(c2=O)C(c2cc(OC)c(OC)cc2Br)C(C(=O)OCC)=C(C)N=3)cc1I. The van der Waals surface area contributed by atoms with Crippen LogP contribution in [0.3, 0.4) is 0 Å². The van der Waals surface area contributed by atoms with Gasteiger partial charge in [0.1, 0.15) is 12.4 Å². The van der Waals surface area contributed by atoms with E-state index in [1.807, 2.05) is 18.2 Å². The summed E-state index contributed by atoms with van der Waals surface area (Å²) >= 11 is 9.32. The lowest BCUT2D eigenvalue weighted by Crippen LogP contribution is -2.40. The van der Waals surface area contributed by atoms with Gasteiger partial charge < -0.3 is 18.9 Å². The van der Waals surface area contributed by atoms with Crippen molar-refractivity contribution in [3.05, 3.63) is 90.6 Å². The smallest absolute Gasteiger partial charge is 0.338 e. The number of rotatable bonds is 9. The summed E-state index contributed by atoms with van der Waals surface area (Å²) in [6.07, 6.45) is 3.52. The number of benzene rings is 2. The molecule has 0 saturated carbocycles. The van der Waals surface area contributed by atoms with Gasteiger partial charge in [-0.3, -0.25) is 9.36 Å². The molecule has 210 valence electrons. The molecule has 0 N–H and O–H groups in total.